The van der Waals surface area contributed by atoms with Crippen molar-refractivity contribution >= 4 is 12.2 Å². The molecule has 1 atom stereocenters. The molecule has 4 aliphatic rings. The van der Waals surface area contributed by atoms with E-state index in [0.29, 0.717) is 18.3 Å². The molecule has 0 aromatic heterocycles. The van der Waals surface area contributed by atoms with Crippen molar-refractivity contribution in [2.24, 2.45) is 10.8 Å². The molecule has 450 valence electrons. The fourth-order valence-corrected chi connectivity index (χ4v) is 10.9. The van der Waals surface area contributed by atoms with E-state index in [2.05, 4.69) is 124 Å². The first-order chi connectivity index (χ1) is 36.6. The van der Waals surface area contributed by atoms with Crippen molar-refractivity contribution in [2.45, 2.75) is 167 Å². The fraction of sp³-hybridized carbons (Fsp3) is 0.636. The molecule has 1 amide bonds. The van der Waals surface area contributed by atoms with E-state index in [4.69, 9.17) is 4.74 Å². The zero-order valence-electron chi connectivity index (χ0n) is 45.7. The lowest BCUT2D eigenvalue weighted by Gasteiger charge is -2.39. The monoisotopic (exact) mass is 1170 g/mol. The predicted octanol–water partition coefficient (Wildman–Crippen LogP) is 14.5. The zero-order chi connectivity index (χ0) is 60.1. The van der Waals surface area contributed by atoms with Crippen LogP contribution in [0.5, 0.6) is 5.75 Å². The predicted molar refractivity (Wildman–Crippen MR) is 265 cm³/mol. The van der Waals surface area contributed by atoms with Crippen molar-refractivity contribution in [1.82, 2.24) is 19.6 Å². The molecule has 80 heavy (non-hydrogen) atoms. The topological polar surface area (TPSA) is 84.0 Å². The van der Waals surface area contributed by atoms with Gasteiger partial charge >= 0.3 is 43.1 Å². The highest BCUT2D eigenvalue weighted by molar-refractivity contribution is 5.68. The van der Waals surface area contributed by atoms with Crippen molar-refractivity contribution in [1.29, 1.82) is 0 Å². The van der Waals surface area contributed by atoms with Gasteiger partial charge in [-0.1, -0.05) is 71.8 Å². The number of hydrogen-bond donors (Lipinski definition) is 0. The molecule has 3 aromatic rings. The smallest absolute Gasteiger partial charge is 0.497 e. The lowest BCUT2D eigenvalue weighted by atomic mass is 9.74. The van der Waals surface area contributed by atoms with Crippen molar-refractivity contribution in [3.8, 4) is 5.75 Å². The molecule has 0 aliphatic carbocycles. The summed E-state index contributed by atoms with van der Waals surface area (Å²) in [5, 5.41) is 0. The van der Waals surface area contributed by atoms with Gasteiger partial charge in [-0.05, 0) is 140 Å². The van der Waals surface area contributed by atoms with Crippen LogP contribution in [0.3, 0.4) is 0 Å². The number of nitrogens with zero attached hydrogens (tertiary/aromatic N) is 4. The second kappa shape index (κ2) is 25.1. The van der Waals surface area contributed by atoms with Crippen LogP contribution in [0, 0.1) is 24.7 Å². The molecule has 1 unspecified atom stereocenters. The number of methoxy groups -OCH3 is 1. The van der Waals surface area contributed by atoms with Gasteiger partial charge in [0.15, 0.2) is 6.10 Å². The number of likely N-dealkylation sites (tertiary alicyclic amines) is 4. The molecule has 0 radical (unpaired) electrons. The molecule has 0 bridgehead atoms. The van der Waals surface area contributed by atoms with Gasteiger partial charge in [-0.3, -0.25) is 14.7 Å². The van der Waals surface area contributed by atoms with Crippen LogP contribution in [-0.4, -0.2) is 138 Å². The number of carbonyl (C=O) groups excluding carboxylic acids is 2. The highest BCUT2D eigenvalue weighted by Crippen LogP contribution is 2.50. The van der Waals surface area contributed by atoms with Gasteiger partial charge < -0.3 is 23.8 Å². The van der Waals surface area contributed by atoms with E-state index in [9.17, 15) is 75.4 Å². The third kappa shape index (κ3) is 18.4. The van der Waals surface area contributed by atoms with E-state index >= 15 is 0 Å². The molecule has 4 fully saturated rings. The number of ether oxygens (including phenoxy) is 4. The van der Waals surface area contributed by atoms with Gasteiger partial charge in [0.1, 0.15) is 5.75 Å². The number of carbonyl (C=O) groups is 2. The maximum Gasteiger partial charge on any atom is 0.509 e. The number of alkyl halides is 15. The van der Waals surface area contributed by atoms with Gasteiger partial charge in [-0.2, -0.15) is 65.9 Å². The van der Waals surface area contributed by atoms with Crippen LogP contribution in [0.4, 0.5) is 75.4 Å². The summed E-state index contributed by atoms with van der Waals surface area (Å²) < 4.78 is 198. The summed E-state index contributed by atoms with van der Waals surface area (Å²) in [6, 6.07) is 25.9. The Morgan fingerprint density at radius 2 is 0.850 bits per heavy atom. The third-order valence-corrected chi connectivity index (χ3v) is 15.3. The Morgan fingerprint density at radius 1 is 0.500 bits per heavy atom. The molecule has 4 heterocycles. The molecule has 0 saturated carbocycles. The number of aryl methyl sites for hydroxylation is 2. The van der Waals surface area contributed by atoms with Crippen LogP contribution in [0.15, 0.2) is 72.8 Å². The maximum absolute atomic E-state index is 12.7. The highest BCUT2D eigenvalue weighted by Gasteiger charge is 2.62. The van der Waals surface area contributed by atoms with Crippen LogP contribution >= 0.6 is 0 Å². The molecular formula is C55H69F15N4O6. The van der Waals surface area contributed by atoms with E-state index in [1.165, 1.54) is 66.7 Å². The van der Waals surface area contributed by atoms with Gasteiger partial charge in [0.25, 0.3) is 12.2 Å². The first-order valence-corrected chi connectivity index (χ1v) is 25.8. The summed E-state index contributed by atoms with van der Waals surface area (Å²) in [6.45, 7) is 21.0. The second-order valence-corrected chi connectivity index (χ2v) is 22.8. The Hall–Kier alpha value is -5.17. The standard InChI is InChI=1S/C26H36N2O.C22H28F6N2O2.C7H5F9O3/c1-21-5-7-23(8-6-21)18-28-20-26(19-25(28,2)3)13-15-27(16-14-26)17-22-9-11-24(29-4)12-10-22;1-15-4-6-16(7-5-15)12-30-14-20(13-19(30,2)3)8-10-29(11-9-20)18(31)32-17(21(23,24)25)22(26,27)28;1-2(5(8,9)10)18-4(17)19-3(6(11,12)13)7(14,15)16/h5-12H,13-20H2,1-4H3;4-7,17H,8-14H2,1-3H3;2-3H,1H3. The SMILES string of the molecule is CC(OC(=O)OC(C(F)(F)F)C(F)(F)F)C(F)(F)F.COc1ccc(CN2CCC3(CC2)CN(Cc2ccc(C)cc2)C(C)(C)C3)cc1.Cc1ccc(CN2CC3(CCN(C(=O)OC(C(F)(F)F)C(F)(F)F)CC3)CC2(C)C)cc1. The Kier molecular flexibility index (Phi) is 20.6. The molecular weight excluding hydrogens is 1100 g/mol. The van der Waals surface area contributed by atoms with Gasteiger partial charge in [-0.25, -0.2) is 9.59 Å². The minimum atomic E-state index is -6.03. The minimum absolute atomic E-state index is 0.0652. The van der Waals surface area contributed by atoms with E-state index in [1.54, 1.807) is 7.11 Å². The van der Waals surface area contributed by atoms with Crippen LogP contribution in [0.25, 0.3) is 0 Å². The number of piperidine rings is 2. The zero-order valence-corrected chi connectivity index (χ0v) is 45.7. The number of hydrogen-bond acceptors (Lipinski definition) is 9. The molecule has 2 spiro atoms. The number of halogens is 15. The minimum Gasteiger partial charge on any atom is -0.497 e. The Morgan fingerprint density at radius 3 is 1.21 bits per heavy atom. The normalized spacial score (nSPS) is 20.0. The summed E-state index contributed by atoms with van der Waals surface area (Å²) >= 11 is 0. The lowest BCUT2D eigenvalue weighted by Crippen LogP contribution is -2.50. The first-order valence-electron chi connectivity index (χ1n) is 25.8. The van der Waals surface area contributed by atoms with Gasteiger partial charge in [0, 0.05) is 56.9 Å². The van der Waals surface area contributed by atoms with Crippen LogP contribution in [0.1, 0.15) is 101 Å². The number of benzene rings is 3. The van der Waals surface area contributed by atoms with Gasteiger partial charge in [0.05, 0.1) is 7.11 Å². The molecule has 0 N–H and O–H groups in total. The van der Waals surface area contributed by atoms with Crippen LogP contribution in [-0.2, 0) is 33.8 Å². The maximum atomic E-state index is 12.7. The Labute approximate surface area is 455 Å². The van der Waals surface area contributed by atoms with Crippen molar-refractivity contribution < 1.29 is 94.4 Å². The van der Waals surface area contributed by atoms with Gasteiger partial charge in [-0.15, -0.1) is 0 Å². The highest BCUT2D eigenvalue weighted by atomic mass is 19.4. The van der Waals surface area contributed by atoms with Gasteiger partial charge in [0.2, 0.25) is 0 Å². The average molecular weight is 1170 g/mol. The summed E-state index contributed by atoms with van der Waals surface area (Å²) in [5.41, 5.74) is 7.02. The molecule has 4 aliphatic heterocycles. The lowest BCUT2D eigenvalue weighted by molar-refractivity contribution is -0.313. The first kappa shape index (κ1) is 65.6. The quantitative estimate of drug-likeness (QED) is 0.146. The Balaban J connectivity index is 0.000000228. The fourth-order valence-electron chi connectivity index (χ4n) is 10.9. The summed E-state index contributed by atoms with van der Waals surface area (Å²) in [5.74, 6) is 0.938. The molecule has 25 heteroatoms. The summed E-state index contributed by atoms with van der Waals surface area (Å²) in [4.78, 5) is 31.2. The van der Waals surface area contributed by atoms with E-state index in [0.717, 1.165) is 43.2 Å². The Bertz CT molecular complexity index is 2440. The van der Waals surface area contributed by atoms with Crippen molar-refractivity contribution in [3.63, 3.8) is 0 Å². The molecule has 4 saturated heterocycles. The van der Waals surface area contributed by atoms with E-state index in [-0.39, 0.29) is 36.5 Å². The number of amides is 1. The van der Waals surface area contributed by atoms with Crippen molar-refractivity contribution in [3.05, 3.63) is 101 Å². The summed E-state index contributed by atoms with van der Waals surface area (Å²) in [6.07, 6.45) is -38.7. The number of rotatable bonds is 10. The van der Waals surface area contributed by atoms with Crippen LogP contribution in [0.2, 0.25) is 0 Å². The average Bonchev–Trinajstić information content (AvgIpc) is 3.73. The second-order valence-electron chi connectivity index (χ2n) is 22.8. The van der Waals surface area contributed by atoms with E-state index in [1.807, 2.05) is 19.1 Å². The molecule has 3 aromatic carbocycles. The van der Waals surface area contributed by atoms with E-state index < -0.39 is 61.4 Å². The summed E-state index contributed by atoms with van der Waals surface area (Å²) in [7, 11) is 1.73. The molecule has 7 rings (SSSR count). The van der Waals surface area contributed by atoms with Crippen molar-refractivity contribution in [2.75, 3.05) is 46.4 Å². The van der Waals surface area contributed by atoms with Crippen LogP contribution < -0.4 is 4.74 Å². The largest absolute Gasteiger partial charge is 0.509 e. The molecule has 10 nitrogen and oxygen atoms in total. The third-order valence-electron chi connectivity index (χ3n) is 15.3.